The second kappa shape index (κ2) is 8.90. The van der Waals surface area contributed by atoms with Gasteiger partial charge in [-0.3, -0.25) is 0 Å². The van der Waals surface area contributed by atoms with E-state index in [-0.39, 0.29) is 6.61 Å². The topological polar surface area (TPSA) is 41.9 Å². The normalized spacial score (nSPS) is 23.2. The highest BCUT2D eigenvalue weighted by Crippen LogP contribution is 2.26. The number of likely N-dealkylation sites (tertiary alicyclic amines) is 1. The molecule has 0 amide bonds. The van der Waals surface area contributed by atoms with Crippen LogP contribution in [0.3, 0.4) is 0 Å². The van der Waals surface area contributed by atoms with Gasteiger partial charge in [0.15, 0.2) is 0 Å². The molecule has 2 fully saturated rings. The molecule has 0 bridgehead atoms. The van der Waals surface area contributed by atoms with E-state index in [1.54, 1.807) is 0 Å². The van der Waals surface area contributed by atoms with Crippen molar-refractivity contribution in [2.45, 2.75) is 44.6 Å². The van der Waals surface area contributed by atoms with Crippen molar-refractivity contribution in [1.29, 1.82) is 0 Å². The lowest BCUT2D eigenvalue weighted by Gasteiger charge is -2.32. The Balaban J connectivity index is 1.49. The smallest absolute Gasteiger partial charge is 0.0698 e. The van der Waals surface area contributed by atoms with Gasteiger partial charge in [0.05, 0.1) is 25.9 Å². The molecule has 0 aromatic heterocycles. The van der Waals surface area contributed by atoms with Crippen molar-refractivity contribution in [3.05, 3.63) is 0 Å². The molecule has 1 N–H and O–H groups in total. The third-order valence-corrected chi connectivity index (χ3v) is 4.36. The average molecular weight is 271 g/mol. The fourth-order valence-electron chi connectivity index (χ4n) is 3.11. The first-order chi connectivity index (χ1) is 9.38. The van der Waals surface area contributed by atoms with Gasteiger partial charge in [-0.2, -0.15) is 0 Å². The molecule has 0 aromatic carbocycles. The summed E-state index contributed by atoms with van der Waals surface area (Å²) in [5.41, 5.74) is 0. The number of hydrogen-bond acceptors (Lipinski definition) is 4. The molecule has 1 aliphatic heterocycles. The van der Waals surface area contributed by atoms with E-state index in [4.69, 9.17) is 14.6 Å². The van der Waals surface area contributed by atoms with Crippen molar-refractivity contribution < 1.29 is 14.6 Å². The van der Waals surface area contributed by atoms with Crippen LogP contribution in [-0.4, -0.2) is 62.2 Å². The first-order valence-corrected chi connectivity index (χ1v) is 7.91. The van der Waals surface area contributed by atoms with E-state index < -0.39 is 0 Å². The van der Waals surface area contributed by atoms with Crippen LogP contribution in [0.2, 0.25) is 0 Å². The molecule has 0 spiro atoms. The predicted octanol–water partition coefficient (Wildman–Crippen LogP) is 1.67. The maximum absolute atomic E-state index is 8.63. The Bertz CT molecular complexity index is 223. The largest absolute Gasteiger partial charge is 0.394 e. The lowest BCUT2D eigenvalue weighted by molar-refractivity contribution is -0.0139. The van der Waals surface area contributed by atoms with E-state index >= 15 is 0 Å². The Hall–Kier alpha value is -0.160. The molecule has 4 heteroatoms. The molecule has 0 atom stereocenters. The van der Waals surface area contributed by atoms with Gasteiger partial charge in [-0.15, -0.1) is 0 Å². The molecule has 4 nitrogen and oxygen atoms in total. The van der Waals surface area contributed by atoms with E-state index in [1.807, 2.05) is 0 Å². The molecule has 1 saturated carbocycles. The highest BCUT2D eigenvalue weighted by molar-refractivity contribution is 4.74. The molecule has 0 radical (unpaired) electrons. The number of aliphatic hydroxyl groups excluding tert-OH is 1. The molecular weight excluding hydrogens is 242 g/mol. The summed E-state index contributed by atoms with van der Waals surface area (Å²) in [5, 5.41) is 8.63. The second-order valence-corrected chi connectivity index (χ2v) is 5.86. The van der Waals surface area contributed by atoms with Crippen molar-refractivity contribution in [3.63, 3.8) is 0 Å². The molecule has 1 saturated heterocycles. The summed E-state index contributed by atoms with van der Waals surface area (Å²) < 4.78 is 11.4. The van der Waals surface area contributed by atoms with Crippen molar-refractivity contribution >= 4 is 0 Å². The number of nitrogens with zero attached hydrogens (tertiary/aromatic N) is 1. The monoisotopic (exact) mass is 271 g/mol. The summed E-state index contributed by atoms with van der Waals surface area (Å²) >= 11 is 0. The van der Waals surface area contributed by atoms with Gasteiger partial charge in [-0.25, -0.2) is 0 Å². The molecule has 1 heterocycles. The fourth-order valence-corrected chi connectivity index (χ4v) is 3.11. The van der Waals surface area contributed by atoms with Gasteiger partial charge >= 0.3 is 0 Å². The third-order valence-electron chi connectivity index (χ3n) is 4.36. The van der Waals surface area contributed by atoms with Gasteiger partial charge in [0.25, 0.3) is 0 Å². The number of piperidine rings is 1. The Morgan fingerprint density at radius 2 is 1.74 bits per heavy atom. The van der Waals surface area contributed by atoms with Gasteiger partial charge in [0, 0.05) is 26.2 Å². The third kappa shape index (κ3) is 5.78. The summed E-state index contributed by atoms with van der Waals surface area (Å²) in [6, 6.07) is 0. The first-order valence-electron chi connectivity index (χ1n) is 7.91. The Labute approximate surface area is 117 Å². The van der Waals surface area contributed by atoms with E-state index in [0.717, 1.165) is 51.6 Å². The van der Waals surface area contributed by atoms with Gasteiger partial charge in [0.1, 0.15) is 0 Å². The van der Waals surface area contributed by atoms with Crippen LogP contribution in [-0.2, 0) is 9.47 Å². The minimum atomic E-state index is 0.122. The molecular formula is C15H29NO3. The Kier molecular flexibility index (Phi) is 7.14. The van der Waals surface area contributed by atoms with E-state index in [9.17, 15) is 0 Å². The van der Waals surface area contributed by atoms with E-state index in [0.29, 0.717) is 12.7 Å². The van der Waals surface area contributed by atoms with Gasteiger partial charge in [-0.1, -0.05) is 12.8 Å². The van der Waals surface area contributed by atoms with Crippen LogP contribution in [0.25, 0.3) is 0 Å². The highest BCUT2D eigenvalue weighted by atomic mass is 16.5. The van der Waals surface area contributed by atoms with Crippen molar-refractivity contribution in [1.82, 2.24) is 4.90 Å². The van der Waals surface area contributed by atoms with Crippen LogP contribution in [0, 0.1) is 5.92 Å². The van der Waals surface area contributed by atoms with Crippen LogP contribution >= 0.6 is 0 Å². The molecule has 0 aromatic rings. The average Bonchev–Trinajstić information content (AvgIpc) is 2.96. The zero-order valence-electron chi connectivity index (χ0n) is 12.1. The molecule has 1 aliphatic carbocycles. The van der Waals surface area contributed by atoms with E-state index in [1.165, 1.54) is 25.7 Å². The maximum atomic E-state index is 8.63. The molecule has 112 valence electrons. The van der Waals surface area contributed by atoms with Crippen LogP contribution in [0.5, 0.6) is 0 Å². The quantitative estimate of drug-likeness (QED) is 0.682. The van der Waals surface area contributed by atoms with Gasteiger partial charge < -0.3 is 19.5 Å². The summed E-state index contributed by atoms with van der Waals surface area (Å²) in [6.07, 6.45) is 8.36. The van der Waals surface area contributed by atoms with Crippen LogP contribution in [0.4, 0.5) is 0 Å². The zero-order chi connectivity index (χ0) is 13.3. The molecule has 2 rings (SSSR count). The lowest BCUT2D eigenvalue weighted by atomic mass is 10.1. The summed E-state index contributed by atoms with van der Waals surface area (Å²) in [5.74, 6) is 0.838. The van der Waals surface area contributed by atoms with Crippen LogP contribution in [0.15, 0.2) is 0 Å². The zero-order valence-corrected chi connectivity index (χ0v) is 12.1. The van der Waals surface area contributed by atoms with Crippen molar-refractivity contribution in [2.24, 2.45) is 5.92 Å². The Morgan fingerprint density at radius 1 is 1.00 bits per heavy atom. The van der Waals surface area contributed by atoms with Gasteiger partial charge in [0.2, 0.25) is 0 Å². The van der Waals surface area contributed by atoms with E-state index in [2.05, 4.69) is 4.90 Å². The van der Waals surface area contributed by atoms with Crippen molar-refractivity contribution in [3.8, 4) is 0 Å². The number of rotatable bonds is 8. The molecule has 19 heavy (non-hydrogen) atoms. The summed E-state index contributed by atoms with van der Waals surface area (Å²) in [4.78, 5) is 2.44. The second-order valence-electron chi connectivity index (χ2n) is 5.86. The lowest BCUT2D eigenvalue weighted by Crippen LogP contribution is -2.39. The standard InChI is InChI=1S/C15H29NO3/c17-10-12-18-11-9-16-7-5-15(6-8-16)19-13-14-3-1-2-4-14/h14-15,17H,1-13H2. The Morgan fingerprint density at radius 3 is 2.42 bits per heavy atom. The minimum Gasteiger partial charge on any atom is -0.394 e. The summed E-state index contributed by atoms with van der Waals surface area (Å²) in [7, 11) is 0. The molecule has 0 unspecified atom stereocenters. The minimum absolute atomic E-state index is 0.122. The van der Waals surface area contributed by atoms with Crippen LogP contribution in [0.1, 0.15) is 38.5 Å². The predicted molar refractivity (Wildman–Crippen MR) is 75.3 cm³/mol. The SMILES string of the molecule is OCCOCCN1CCC(OCC2CCCC2)CC1. The summed E-state index contributed by atoms with van der Waals surface area (Å²) in [6.45, 7) is 5.53. The van der Waals surface area contributed by atoms with Crippen molar-refractivity contribution in [2.75, 3.05) is 46.1 Å². The maximum Gasteiger partial charge on any atom is 0.0698 e. The number of aliphatic hydroxyl groups is 1. The fraction of sp³-hybridized carbons (Fsp3) is 1.00. The number of ether oxygens (including phenoxy) is 2. The molecule has 2 aliphatic rings. The highest BCUT2D eigenvalue weighted by Gasteiger charge is 2.22. The number of hydrogen-bond donors (Lipinski definition) is 1. The van der Waals surface area contributed by atoms with Crippen LogP contribution < -0.4 is 0 Å². The first kappa shape index (κ1) is 15.2. The van der Waals surface area contributed by atoms with Gasteiger partial charge in [-0.05, 0) is 31.6 Å².